The highest BCUT2D eigenvalue weighted by Gasteiger charge is 2.25. The lowest BCUT2D eigenvalue weighted by atomic mass is 10.1. The summed E-state index contributed by atoms with van der Waals surface area (Å²) in [6.07, 6.45) is 1.11. The van der Waals surface area contributed by atoms with Crippen molar-refractivity contribution in [3.8, 4) is 0 Å². The van der Waals surface area contributed by atoms with Crippen LogP contribution in [-0.4, -0.2) is 18.2 Å². The highest BCUT2D eigenvalue weighted by Crippen LogP contribution is 2.26. The van der Waals surface area contributed by atoms with Crippen molar-refractivity contribution in [2.75, 3.05) is 0 Å². The van der Waals surface area contributed by atoms with E-state index in [-0.39, 0.29) is 4.90 Å². The van der Waals surface area contributed by atoms with Crippen LogP contribution >= 0.6 is 10.7 Å². The average Bonchev–Trinajstić information content (AvgIpc) is 2.79. The first-order valence-electron chi connectivity index (χ1n) is 6.95. The van der Waals surface area contributed by atoms with Crippen molar-refractivity contribution in [3.05, 3.63) is 46.8 Å². The second-order valence-electron chi connectivity index (χ2n) is 5.01. The summed E-state index contributed by atoms with van der Waals surface area (Å²) in [4.78, 5) is 0.182. The number of hydrogen-bond donors (Lipinski definition) is 0. The Morgan fingerprint density at radius 2 is 1.76 bits per heavy atom. The highest BCUT2D eigenvalue weighted by atomic mass is 35.7. The molecular weight excluding hydrogens is 308 g/mol. The number of halogens is 1. The number of aromatic nitrogens is 2. The lowest BCUT2D eigenvalue weighted by molar-refractivity contribution is 0.605. The van der Waals surface area contributed by atoms with Crippen molar-refractivity contribution in [2.45, 2.75) is 45.1 Å². The van der Waals surface area contributed by atoms with E-state index in [1.165, 1.54) is 5.56 Å². The van der Waals surface area contributed by atoms with Crippen LogP contribution in [0.2, 0.25) is 0 Å². The van der Waals surface area contributed by atoms with E-state index in [0.717, 1.165) is 5.56 Å². The van der Waals surface area contributed by atoms with Crippen LogP contribution in [-0.2, 0) is 28.4 Å². The van der Waals surface area contributed by atoms with Gasteiger partial charge in [-0.2, -0.15) is 5.10 Å². The van der Waals surface area contributed by atoms with Crippen molar-refractivity contribution in [2.24, 2.45) is 0 Å². The molecule has 0 amide bonds. The average molecular weight is 327 g/mol. The van der Waals surface area contributed by atoms with Crippen molar-refractivity contribution in [1.29, 1.82) is 0 Å². The molecule has 0 unspecified atom stereocenters. The lowest BCUT2D eigenvalue weighted by Crippen LogP contribution is -2.07. The van der Waals surface area contributed by atoms with Crippen LogP contribution in [0.25, 0.3) is 0 Å². The molecule has 1 heterocycles. The molecule has 0 spiro atoms. The SMILES string of the molecule is CCc1nn(Cc2ccc(C)cc2)c(CC)c1S(=O)(=O)Cl. The first-order chi connectivity index (χ1) is 9.86. The Balaban J connectivity index is 2.49. The van der Waals surface area contributed by atoms with Gasteiger partial charge in [0.1, 0.15) is 4.90 Å². The Hall–Kier alpha value is -1.33. The Labute approximate surface area is 130 Å². The normalized spacial score (nSPS) is 11.8. The second-order valence-corrected chi connectivity index (χ2v) is 7.51. The van der Waals surface area contributed by atoms with Gasteiger partial charge in [-0.15, -0.1) is 0 Å². The van der Waals surface area contributed by atoms with Gasteiger partial charge in [0.05, 0.1) is 17.9 Å². The van der Waals surface area contributed by atoms with Gasteiger partial charge in [0.15, 0.2) is 0 Å². The second kappa shape index (κ2) is 6.20. The number of benzene rings is 1. The van der Waals surface area contributed by atoms with Gasteiger partial charge in [-0.1, -0.05) is 43.7 Å². The van der Waals surface area contributed by atoms with Crippen molar-refractivity contribution < 1.29 is 8.42 Å². The minimum absolute atomic E-state index is 0.182. The fourth-order valence-corrected chi connectivity index (χ4v) is 3.92. The molecule has 0 aliphatic carbocycles. The number of hydrogen-bond acceptors (Lipinski definition) is 3. The van der Waals surface area contributed by atoms with Gasteiger partial charge in [-0.3, -0.25) is 4.68 Å². The quantitative estimate of drug-likeness (QED) is 0.792. The molecule has 6 heteroatoms. The zero-order valence-electron chi connectivity index (χ0n) is 12.4. The van der Waals surface area contributed by atoms with Crippen molar-refractivity contribution in [1.82, 2.24) is 9.78 Å². The molecule has 0 N–H and O–H groups in total. The molecule has 0 saturated heterocycles. The number of aryl methyl sites for hydroxylation is 2. The molecule has 0 atom stereocenters. The molecule has 2 aromatic rings. The first-order valence-corrected chi connectivity index (χ1v) is 9.26. The number of rotatable bonds is 5. The molecule has 21 heavy (non-hydrogen) atoms. The van der Waals surface area contributed by atoms with E-state index >= 15 is 0 Å². The maximum absolute atomic E-state index is 11.8. The summed E-state index contributed by atoms with van der Waals surface area (Å²) in [6.45, 7) is 6.36. The minimum Gasteiger partial charge on any atom is -0.263 e. The van der Waals surface area contributed by atoms with Gasteiger partial charge in [-0.25, -0.2) is 8.42 Å². The van der Waals surface area contributed by atoms with Crippen LogP contribution in [0.5, 0.6) is 0 Å². The van der Waals surface area contributed by atoms with E-state index in [2.05, 4.69) is 5.10 Å². The summed E-state index contributed by atoms with van der Waals surface area (Å²) < 4.78 is 25.4. The monoisotopic (exact) mass is 326 g/mol. The van der Waals surface area contributed by atoms with Crippen LogP contribution in [0, 0.1) is 6.92 Å². The van der Waals surface area contributed by atoms with E-state index in [9.17, 15) is 8.42 Å². The van der Waals surface area contributed by atoms with Gasteiger partial charge in [-0.05, 0) is 25.3 Å². The van der Waals surface area contributed by atoms with E-state index < -0.39 is 9.05 Å². The van der Waals surface area contributed by atoms with Gasteiger partial charge in [0.2, 0.25) is 0 Å². The Bertz CT molecular complexity index is 734. The lowest BCUT2D eigenvalue weighted by Gasteiger charge is -2.07. The molecule has 0 fully saturated rings. The summed E-state index contributed by atoms with van der Waals surface area (Å²) in [6, 6.07) is 8.11. The Morgan fingerprint density at radius 1 is 1.14 bits per heavy atom. The summed E-state index contributed by atoms with van der Waals surface area (Å²) in [7, 11) is 1.80. The fourth-order valence-electron chi connectivity index (χ4n) is 2.39. The third-order valence-corrected chi connectivity index (χ3v) is 4.87. The predicted molar refractivity (Wildman–Crippen MR) is 84.3 cm³/mol. The van der Waals surface area contributed by atoms with E-state index in [1.807, 2.05) is 45.0 Å². The Morgan fingerprint density at radius 3 is 2.24 bits per heavy atom. The summed E-state index contributed by atoms with van der Waals surface area (Å²) in [5.74, 6) is 0. The van der Waals surface area contributed by atoms with Gasteiger partial charge in [0, 0.05) is 10.7 Å². The standard InChI is InChI=1S/C15H19ClN2O2S/c1-4-13-15(21(16,19)20)14(5-2)18(17-13)10-12-8-6-11(3)7-9-12/h6-9H,4-5,10H2,1-3H3. The van der Waals surface area contributed by atoms with Crippen molar-refractivity contribution >= 4 is 19.7 Å². The molecule has 1 aromatic carbocycles. The molecule has 1 aromatic heterocycles. The Kier molecular flexibility index (Phi) is 4.74. The topological polar surface area (TPSA) is 52.0 Å². The van der Waals surface area contributed by atoms with Crippen molar-refractivity contribution in [3.63, 3.8) is 0 Å². The highest BCUT2D eigenvalue weighted by molar-refractivity contribution is 8.13. The molecule has 0 aliphatic heterocycles. The van der Waals surface area contributed by atoms with E-state index in [4.69, 9.17) is 10.7 Å². The fraction of sp³-hybridized carbons (Fsp3) is 0.400. The zero-order valence-corrected chi connectivity index (χ0v) is 14.0. The third kappa shape index (κ3) is 3.47. The molecule has 0 aliphatic rings. The first kappa shape index (κ1) is 16.0. The van der Waals surface area contributed by atoms with Crippen LogP contribution in [0.3, 0.4) is 0 Å². The van der Waals surface area contributed by atoms with Gasteiger partial charge in [0.25, 0.3) is 9.05 Å². The van der Waals surface area contributed by atoms with Crippen LogP contribution < -0.4 is 0 Å². The molecular formula is C15H19ClN2O2S. The van der Waals surface area contributed by atoms with Gasteiger partial charge < -0.3 is 0 Å². The van der Waals surface area contributed by atoms with Crippen LogP contribution in [0.4, 0.5) is 0 Å². The summed E-state index contributed by atoms with van der Waals surface area (Å²) in [5.41, 5.74) is 3.48. The molecule has 4 nitrogen and oxygen atoms in total. The maximum Gasteiger partial charge on any atom is 0.264 e. The zero-order chi connectivity index (χ0) is 15.6. The maximum atomic E-state index is 11.8. The third-order valence-electron chi connectivity index (χ3n) is 3.44. The van der Waals surface area contributed by atoms with Crippen LogP contribution in [0.15, 0.2) is 29.2 Å². The summed E-state index contributed by atoms with van der Waals surface area (Å²) >= 11 is 0. The van der Waals surface area contributed by atoms with Gasteiger partial charge >= 0.3 is 0 Å². The molecule has 0 radical (unpaired) electrons. The molecule has 114 valence electrons. The van der Waals surface area contributed by atoms with Crippen LogP contribution in [0.1, 0.15) is 36.4 Å². The predicted octanol–water partition coefficient (Wildman–Crippen LogP) is 3.29. The smallest absolute Gasteiger partial charge is 0.263 e. The minimum atomic E-state index is -3.78. The largest absolute Gasteiger partial charge is 0.264 e. The van der Waals surface area contributed by atoms with E-state index in [0.29, 0.717) is 30.8 Å². The van der Waals surface area contributed by atoms with E-state index in [1.54, 1.807) is 4.68 Å². The molecule has 0 saturated carbocycles. The number of nitrogens with zero attached hydrogens (tertiary/aromatic N) is 2. The molecule has 0 bridgehead atoms. The molecule has 2 rings (SSSR count). The summed E-state index contributed by atoms with van der Waals surface area (Å²) in [5, 5.41) is 4.44.